The van der Waals surface area contributed by atoms with Crippen molar-refractivity contribution in [2.75, 3.05) is 27.2 Å². The van der Waals surface area contributed by atoms with Crippen LogP contribution >= 0.6 is 11.3 Å². The normalized spacial score (nSPS) is 19.2. The van der Waals surface area contributed by atoms with E-state index in [1.54, 1.807) is 15.8 Å². The van der Waals surface area contributed by atoms with Gasteiger partial charge in [0, 0.05) is 30.6 Å². The molecule has 1 aliphatic heterocycles. The van der Waals surface area contributed by atoms with Crippen LogP contribution in [-0.4, -0.2) is 50.8 Å². The molecule has 2 N–H and O–H groups in total. The van der Waals surface area contributed by atoms with Gasteiger partial charge < -0.3 is 10.6 Å². The van der Waals surface area contributed by atoms with Gasteiger partial charge in [0.2, 0.25) is 10.0 Å². The van der Waals surface area contributed by atoms with Gasteiger partial charge in [-0.1, -0.05) is 0 Å². The van der Waals surface area contributed by atoms with Crippen LogP contribution in [0.1, 0.15) is 17.7 Å². The molecule has 0 unspecified atom stereocenters. The molecule has 108 valence electrons. The zero-order valence-electron chi connectivity index (χ0n) is 11.4. The van der Waals surface area contributed by atoms with Gasteiger partial charge in [-0.25, -0.2) is 8.42 Å². The predicted octanol–water partition coefficient (Wildman–Crippen LogP) is 0.921. The summed E-state index contributed by atoms with van der Waals surface area (Å²) in [5.74, 6) is 0. The topological polar surface area (TPSA) is 66.6 Å². The molecule has 0 aromatic carbocycles. The van der Waals surface area contributed by atoms with E-state index in [9.17, 15) is 8.42 Å². The molecule has 1 aromatic rings. The maximum atomic E-state index is 12.6. The number of nitrogens with two attached hydrogens (primary N) is 1. The summed E-state index contributed by atoms with van der Waals surface area (Å²) in [6.07, 6.45) is 1.77. The average Bonchev–Trinajstić information content (AvgIpc) is 2.87. The number of thiophene rings is 1. The molecular formula is C12H21N3O2S2. The van der Waals surface area contributed by atoms with E-state index in [4.69, 9.17) is 5.73 Å². The summed E-state index contributed by atoms with van der Waals surface area (Å²) in [6, 6.07) is 2.14. The Balaban J connectivity index is 2.14. The second-order valence-corrected chi connectivity index (χ2v) is 7.92. The highest BCUT2D eigenvalue weighted by atomic mass is 32.2. The fourth-order valence-electron chi connectivity index (χ4n) is 2.45. The van der Waals surface area contributed by atoms with Crippen LogP contribution in [0.5, 0.6) is 0 Å². The van der Waals surface area contributed by atoms with E-state index in [0.717, 1.165) is 17.7 Å². The summed E-state index contributed by atoms with van der Waals surface area (Å²) in [4.78, 5) is 3.30. The number of piperidine rings is 1. The first-order valence-electron chi connectivity index (χ1n) is 6.40. The van der Waals surface area contributed by atoms with E-state index in [-0.39, 0.29) is 6.54 Å². The van der Waals surface area contributed by atoms with Crippen molar-refractivity contribution in [3.8, 4) is 0 Å². The summed E-state index contributed by atoms with van der Waals surface area (Å²) < 4.78 is 26.7. The molecule has 5 nitrogen and oxygen atoms in total. The van der Waals surface area contributed by atoms with Crippen LogP contribution in [-0.2, 0) is 16.6 Å². The van der Waals surface area contributed by atoms with E-state index >= 15 is 0 Å². The number of sulfonamides is 1. The van der Waals surface area contributed by atoms with E-state index in [1.807, 2.05) is 14.1 Å². The van der Waals surface area contributed by atoms with Gasteiger partial charge in [-0.2, -0.15) is 4.31 Å². The lowest BCUT2D eigenvalue weighted by molar-refractivity contribution is 0.196. The standard InChI is InChI=1S/C12H21N3O2S2/c1-14(2)10-3-6-15(7-4-10)19(16,17)12-5-8-18-11(12)9-13/h5,8,10H,3-4,6-7,9,13H2,1-2H3. The van der Waals surface area contributed by atoms with Crippen molar-refractivity contribution in [1.29, 1.82) is 0 Å². The Morgan fingerprint density at radius 1 is 1.42 bits per heavy atom. The Hall–Kier alpha value is -0.470. The molecule has 19 heavy (non-hydrogen) atoms. The molecule has 0 saturated carbocycles. The van der Waals surface area contributed by atoms with Crippen molar-refractivity contribution in [1.82, 2.24) is 9.21 Å². The van der Waals surface area contributed by atoms with E-state index < -0.39 is 10.0 Å². The van der Waals surface area contributed by atoms with Gasteiger partial charge in [-0.15, -0.1) is 11.3 Å². The van der Waals surface area contributed by atoms with Crippen LogP contribution in [0.4, 0.5) is 0 Å². The van der Waals surface area contributed by atoms with Gasteiger partial charge in [0.15, 0.2) is 0 Å². The first-order valence-corrected chi connectivity index (χ1v) is 8.71. The quantitative estimate of drug-likeness (QED) is 0.898. The van der Waals surface area contributed by atoms with E-state index in [0.29, 0.717) is 24.0 Å². The third-order valence-corrected chi connectivity index (χ3v) is 6.72. The molecule has 1 aromatic heterocycles. The molecule has 0 aliphatic carbocycles. The molecule has 0 atom stereocenters. The minimum Gasteiger partial charge on any atom is -0.326 e. The summed E-state index contributed by atoms with van der Waals surface area (Å²) in [5.41, 5.74) is 5.60. The van der Waals surface area contributed by atoms with Crippen molar-refractivity contribution in [3.05, 3.63) is 16.3 Å². The van der Waals surface area contributed by atoms with Gasteiger partial charge >= 0.3 is 0 Å². The zero-order valence-corrected chi connectivity index (χ0v) is 13.0. The molecular weight excluding hydrogens is 282 g/mol. The lowest BCUT2D eigenvalue weighted by Crippen LogP contribution is -2.44. The molecule has 0 spiro atoms. The average molecular weight is 303 g/mol. The third kappa shape index (κ3) is 3.00. The lowest BCUT2D eigenvalue weighted by atomic mass is 10.1. The van der Waals surface area contributed by atoms with Crippen molar-refractivity contribution >= 4 is 21.4 Å². The number of nitrogens with zero attached hydrogens (tertiary/aromatic N) is 2. The molecule has 0 amide bonds. The smallest absolute Gasteiger partial charge is 0.244 e. The Morgan fingerprint density at radius 3 is 2.58 bits per heavy atom. The highest BCUT2D eigenvalue weighted by molar-refractivity contribution is 7.89. The number of rotatable bonds is 4. The van der Waals surface area contributed by atoms with Crippen LogP contribution in [0, 0.1) is 0 Å². The molecule has 1 fully saturated rings. The maximum absolute atomic E-state index is 12.6. The maximum Gasteiger partial charge on any atom is 0.244 e. The first kappa shape index (κ1) is 14.9. The highest BCUT2D eigenvalue weighted by Crippen LogP contribution is 2.27. The van der Waals surface area contributed by atoms with Gasteiger partial charge in [0.1, 0.15) is 0 Å². The predicted molar refractivity (Wildman–Crippen MR) is 77.7 cm³/mol. The van der Waals surface area contributed by atoms with Crippen molar-refractivity contribution in [2.24, 2.45) is 5.73 Å². The zero-order chi connectivity index (χ0) is 14.0. The fraction of sp³-hybridized carbons (Fsp3) is 0.667. The fourth-order valence-corrected chi connectivity index (χ4v) is 5.22. The monoisotopic (exact) mass is 303 g/mol. The molecule has 1 aliphatic rings. The Labute approximate surface area is 119 Å². The van der Waals surface area contributed by atoms with Gasteiger partial charge in [0.05, 0.1) is 4.90 Å². The Bertz CT molecular complexity index is 517. The van der Waals surface area contributed by atoms with Gasteiger partial charge in [-0.3, -0.25) is 0 Å². The van der Waals surface area contributed by atoms with Gasteiger partial charge in [0.25, 0.3) is 0 Å². The summed E-state index contributed by atoms with van der Waals surface area (Å²) in [5, 5.41) is 1.79. The second-order valence-electron chi connectivity index (χ2n) is 5.01. The Kier molecular flexibility index (Phi) is 4.62. The van der Waals surface area contributed by atoms with Crippen molar-refractivity contribution in [2.45, 2.75) is 30.3 Å². The first-order chi connectivity index (χ1) is 8.96. The van der Waals surface area contributed by atoms with Crippen LogP contribution < -0.4 is 5.73 Å². The molecule has 0 bridgehead atoms. The molecule has 1 saturated heterocycles. The molecule has 2 rings (SSSR count). The highest BCUT2D eigenvalue weighted by Gasteiger charge is 2.31. The second kappa shape index (κ2) is 5.88. The SMILES string of the molecule is CN(C)C1CCN(S(=O)(=O)c2ccsc2CN)CC1. The lowest BCUT2D eigenvalue weighted by Gasteiger charge is -2.34. The number of hydrogen-bond donors (Lipinski definition) is 1. The summed E-state index contributed by atoms with van der Waals surface area (Å²) >= 11 is 1.41. The minimum atomic E-state index is -3.37. The van der Waals surface area contributed by atoms with Crippen LogP contribution in [0.2, 0.25) is 0 Å². The molecule has 7 heteroatoms. The van der Waals surface area contributed by atoms with Crippen LogP contribution in [0.25, 0.3) is 0 Å². The van der Waals surface area contributed by atoms with Gasteiger partial charge in [-0.05, 0) is 38.4 Å². The summed E-state index contributed by atoms with van der Waals surface area (Å²) in [6.45, 7) is 1.45. The number of hydrogen-bond acceptors (Lipinski definition) is 5. The minimum absolute atomic E-state index is 0.278. The third-order valence-electron chi connectivity index (χ3n) is 3.66. The largest absolute Gasteiger partial charge is 0.326 e. The summed E-state index contributed by atoms with van der Waals surface area (Å²) in [7, 11) is 0.718. The van der Waals surface area contributed by atoms with E-state index in [2.05, 4.69) is 4.90 Å². The van der Waals surface area contributed by atoms with Crippen LogP contribution in [0.3, 0.4) is 0 Å². The molecule has 2 heterocycles. The van der Waals surface area contributed by atoms with Crippen LogP contribution in [0.15, 0.2) is 16.3 Å². The van der Waals surface area contributed by atoms with Crippen molar-refractivity contribution in [3.63, 3.8) is 0 Å². The van der Waals surface area contributed by atoms with Crippen molar-refractivity contribution < 1.29 is 8.42 Å². The molecule has 0 radical (unpaired) electrons. The van der Waals surface area contributed by atoms with E-state index in [1.165, 1.54) is 11.3 Å². The Morgan fingerprint density at radius 2 is 2.05 bits per heavy atom.